The Kier molecular flexibility index (Phi) is 5.87. The molecule has 8 nitrogen and oxygen atoms in total. The highest BCUT2D eigenvalue weighted by atomic mass is 32.2. The molecule has 0 fully saturated rings. The van der Waals surface area contributed by atoms with Crippen LogP contribution in [-0.4, -0.2) is 49.5 Å². The number of methoxy groups -OCH3 is 1. The monoisotopic (exact) mass is 319 g/mol. The molecule has 1 heterocycles. The van der Waals surface area contributed by atoms with Gasteiger partial charge in [0.15, 0.2) is 0 Å². The first kappa shape index (κ1) is 17.6. The summed E-state index contributed by atoms with van der Waals surface area (Å²) >= 11 is 0. The molecular formula is C12H21N3O5S. The van der Waals surface area contributed by atoms with Gasteiger partial charge in [0.05, 0.1) is 11.4 Å². The molecule has 0 aliphatic heterocycles. The summed E-state index contributed by atoms with van der Waals surface area (Å²) in [7, 11) is -2.18. The lowest BCUT2D eigenvalue weighted by atomic mass is 10.2. The smallest absolute Gasteiger partial charge is 0.325 e. The maximum absolute atomic E-state index is 12.3. The van der Waals surface area contributed by atoms with E-state index in [1.54, 1.807) is 14.0 Å². The molecule has 0 radical (unpaired) electrons. The molecule has 1 unspecified atom stereocenters. The van der Waals surface area contributed by atoms with E-state index in [0.717, 1.165) is 0 Å². The van der Waals surface area contributed by atoms with Crippen molar-refractivity contribution in [3.63, 3.8) is 0 Å². The van der Waals surface area contributed by atoms with Crippen molar-refractivity contribution < 1.29 is 23.1 Å². The molecule has 0 saturated heterocycles. The predicted molar refractivity (Wildman–Crippen MR) is 75.6 cm³/mol. The van der Waals surface area contributed by atoms with Crippen LogP contribution >= 0.6 is 0 Å². The van der Waals surface area contributed by atoms with Crippen LogP contribution in [0.15, 0.2) is 4.90 Å². The lowest BCUT2D eigenvalue weighted by Crippen LogP contribution is -2.30. The van der Waals surface area contributed by atoms with Crippen molar-refractivity contribution in [1.82, 2.24) is 14.5 Å². The summed E-state index contributed by atoms with van der Waals surface area (Å²) < 4.78 is 33.3. The van der Waals surface area contributed by atoms with E-state index in [0.29, 0.717) is 12.3 Å². The number of rotatable bonds is 8. The van der Waals surface area contributed by atoms with Gasteiger partial charge in [0.1, 0.15) is 11.4 Å². The van der Waals surface area contributed by atoms with E-state index in [4.69, 9.17) is 9.84 Å². The second-order valence-corrected chi connectivity index (χ2v) is 6.67. The van der Waals surface area contributed by atoms with Gasteiger partial charge in [-0.1, -0.05) is 6.92 Å². The zero-order chi connectivity index (χ0) is 16.2. The minimum atomic E-state index is -3.73. The molecule has 0 spiro atoms. The fourth-order valence-electron chi connectivity index (χ4n) is 2.02. The SMILES string of the molecule is COCC(C)CNS(=O)(=O)c1c(C)nn(CC(=O)O)c1C. The van der Waals surface area contributed by atoms with Gasteiger partial charge in [0, 0.05) is 20.3 Å². The van der Waals surface area contributed by atoms with Gasteiger partial charge in [-0.2, -0.15) is 5.10 Å². The standard InChI is InChI=1S/C12H21N3O5S/c1-8(7-20-4)5-13-21(18,19)12-9(2)14-15(10(12)3)6-11(16)17/h8,13H,5-7H2,1-4H3,(H,16,17). The third kappa shape index (κ3) is 4.51. The first-order valence-electron chi connectivity index (χ1n) is 6.43. The first-order valence-corrected chi connectivity index (χ1v) is 7.91. The summed E-state index contributed by atoms with van der Waals surface area (Å²) in [5.41, 5.74) is 0.586. The number of aliphatic carboxylic acids is 1. The highest BCUT2D eigenvalue weighted by Gasteiger charge is 2.25. The third-order valence-corrected chi connectivity index (χ3v) is 4.62. The zero-order valence-electron chi connectivity index (χ0n) is 12.6. The van der Waals surface area contributed by atoms with Crippen LogP contribution in [0.1, 0.15) is 18.3 Å². The van der Waals surface area contributed by atoms with Crippen molar-refractivity contribution in [3.8, 4) is 0 Å². The third-order valence-electron chi connectivity index (χ3n) is 2.94. The Balaban J connectivity index is 2.98. The van der Waals surface area contributed by atoms with Gasteiger partial charge in [-0.25, -0.2) is 13.1 Å². The van der Waals surface area contributed by atoms with Crippen LogP contribution in [0.2, 0.25) is 0 Å². The Morgan fingerprint density at radius 2 is 2.10 bits per heavy atom. The van der Waals surface area contributed by atoms with Crippen molar-refractivity contribution in [2.75, 3.05) is 20.3 Å². The average Bonchev–Trinajstić information content (AvgIpc) is 2.62. The minimum Gasteiger partial charge on any atom is -0.480 e. The maximum atomic E-state index is 12.3. The van der Waals surface area contributed by atoms with E-state index < -0.39 is 16.0 Å². The normalized spacial score (nSPS) is 13.3. The number of hydrogen-bond donors (Lipinski definition) is 2. The molecular weight excluding hydrogens is 298 g/mol. The summed E-state index contributed by atoms with van der Waals surface area (Å²) in [5.74, 6) is -1.05. The summed E-state index contributed by atoms with van der Waals surface area (Å²) in [6.45, 7) is 5.24. The lowest BCUT2D eigenvalue weighted by molar-refractivity contribution is -0.137. The van der Waals surface area contributed by atoms with E-state index in [1.165, 1.54) is 11.6 Å². The molecule has 0 amide bonds. The zero-order valence-corrected chi connectivity index (χ0v) is 13.4. The van der Waals surface area contributed by atoms with E-state index in [-0.39, 0.29) is 29.6 Å². The average molecular weight is 319 g/mol. The topological polar surface area (TPSA) is 111 Å². The molecule has 120 valence electrons. The molecule has 0 bridgehead atoms. The van der Waals surface area contributed by atoms with Gasteiger partial charge in [0.2, 0.25) is 10.0 Å². The molecule has 1 aromatic rings. The molecule has 1 atom stereocenters. The van der Waals surface area contributed by atoms with Crippen LogP contribution in [0, 0.1) is 19.8 Å². The van der Waals surface area contributed by atoms with Gasteiger partial charge in [0.25, 0.3) is 0 Å². The van der Waals surface area contributed by atoms with Crippen LogP contribution in [0.5, 0.6) is 0 Å². The van der Waals surface area contributed by atoms with E-state index in [2.05, 4.69) is 9.82 Å². The number of ether oxygens (including phenoxy) is 1. The van der Waals surface area contributed by atoms with Gasteiger partial charge in [-0.05, 0) is 19.8 Å². The Hall–Kier alpha value is -1.45. The number of aromatic nitrogens is 2. The Labute approximate surface area is 124 Å². The number of sulfonamides is 1. The lowest BCUT2D eigenvalue weighted by Gasteiger charge is -2.12. The van der Waals surface area contributed by atoms with Crippen molar-refractivity contribution in [3.05, 3.63) is 11.4 Å². The fraction of sp³-hybridized carbons (Fsp3) is 0.667. The Morgan fingerprint density at radius 3 is 2.62 bits per heavy atom. The minimum absolute atomic E-state index is 0.0273. The van der Waals surface area contributed by atoms with Gasteiger partial charge in [-0.3, -0.25) is 9.48 Å². The summed E-state index contributed by atoms with van der Waals surface area (Å²) in [6.07, 6.45) is 0. The Bertz CT molecular complexity index is 609. The van der Waals surface area contributed by atoms with Crippen LogP contribution < -0.4 is 4.72 Å². The number of nitrogens with zero attached hydrogens (tertiary/aromatic N) is 2. The molecule has 21 heavy (non-hydrogen) atoms. The molecule has 0 aromatic carbocycles. The van der Waals surface area contributed by atoms with Crippen molar-refractivity contribution in [2.45, 2.75) is 32.2 Å². The van der Waals surface area contributed by atoms with Crippen molar-refractivity contribution >= 4 is 16.0 Å². The predicted octanol–water partition coefficient (Wildman–Crippen LogP) is 0.145. The quantitative estimate of drug-likeness (QED) is 0.705. The number of carbonyl (C=O) groups is 1. The van der Waals surface area contributed by atoms with Crippen LogP contribution in [-0.2, 0) is 26.1 Å². The highest BCUT2D eigenvalue weighted by molar-refractivity contribution is 7.89. The number of nitrogens with one attached hydrogen (secondary N) is 1. The van der Waals surface area contributed by atoms with E-state index in [9.17, 15) is 13.2 Å². The Morgan fingerprint density at radius 1 is 1.48 bits per heavy atom. The molecule has 0 aliphatic carbocycles. The molecule has 0 aliphatic rings. The largest absolute Gasteiger partial charge is 0.480 e. The molecule has 9 heteroatoms. The summed E-state index contributed by atoms with van der Waals surface area (Å²) in [6, 6.07) is 0. The molecule has 1 rings (SSSR count). The highest BCUT2D eigenvalue weighted by Crippen LogP contribution is 2.19. The van der Waals surface area contributed by atoms with Gasteiger partial charge >= 0.3 is 5.97 Å². The van der Waals surface area contributed by atoms with Crippen LogP contribution in [0.25, 0.3) is 0 Å². The van der Waals surface area contributed by atoms with Gasteiger partial charge in [-0.15, -0.1) is 0 Å². The summed E-state index contributed by atoms with van der Waals surface area (Å²) in [5, 5.41) is 12.8. The van der Waals surface area contributed by atoms with E-state index >= 15 is 0 Å². The number of carboxylic acids is 1. The number of aryl methyl sites for hydroxylation is 1. The van der Waals surface area contributed by atoms with Crippen LogP contribution in [0.3, 0.4) is 0 Å². The maximum Gasteiger partial charge on any atom is 0.325 e. The molecule has 1 aromatic heterocycles. The van der Waals surface area contributed by atoms with Crippen molar-refractivity contribution in [1.29, 1.82) is 0 Å². The first-order chi connectivity index (χ1) is 9.69. The second kappa shape index (κ2) is 7.01. The summed E-state index contributed by atoms with van der Waals surface area (Å²) in [4.78, 5) is 10.8. The van der Waals surface area contributed by atoms with Crippen LogP contribution in [0.4, 0.5) is 0 Å². The fourth-order valence-corrected chi connectivity index (χ4v) is 3.59. The number of carboxylic acid groups (broad SMARTS) is 1. The van der Waals surface area contributed by atoms with Crippen molar-refractivity contribution in [2.24, 2.45) is 5.92 Å². The molecule has 2 N–H and O–H groups in total. The number of hydrogen-bond acceptors (Lipinski definition) is 5. The van der Waals surface area contributed by atoms with Gasteiger partial charge < -0.3 is 9.84 Å². The second-order valence-electron chi connectivity index (χ2n) is 4.96. The molecule has 0 saturated carbocycles. The van der Waals surface area contributed by atoms with E-state index in [1.807, 2.05) is 6.92 Å².